The summed E-state index contributed by atoms with van der Waals surface area (Å²) in [7, 11) is 2.01. The van der Waals surface area contributed by atoms with E-state index in [1.165, 1.54) is 0 Å². The fourth-order valence-corrected chi connectivity index (χ4v) is 1.39. The first-order valence-electron chi connectivity index (χ1n) is 6.21. The Balaban J connectivity index is 3.56. The molecule has 1 atom stereocenters. The molecular formula is C12H27N3O2. The molecule has 0 saturated carbocycles. The van der Waals surface area contributed by atoms with Gasteiger partial charge in [0.25, 0.3) is 0 Å². The highest BCUT2D eigenvalue weighted by molar-refractivity contribution is 5.82. The van der Waals surface area contributed by atoms with Crippen LogP contribution >= 0.6 is 0 Å². The molecule has 0 saturated heterocycles. The molecule has 1 unspecified atom stereocenters. The molecule has 17 heavy (non-hydrogen) atoms. The first-order chi connectivity index (χ1) is 7.97. The summed E-state index contributed by atoms with van der Waals surface area (Å²) < 4.78 is 5.53. The summed E-state index contributed by atoms with van der Waals surface area (Å²) in [6.45, 7) is 9.49. The smallest absolute Gasteiger partial charge is 0.143 e. The zero-order valence-electron chi connectivity index (χ0n) is 11.5. The highest BCUT2D eigenvalue weighted by Crippen LogP contribution is 2.00. The molecule has 0 aliphatic carbocycles. The number of rotatable bonds is 9. The minimum absolute atomic E-state index is 0.0562. The summed E-state index contributed by atoms with van der Waals surface area (Å²) in [5, 5.41) is 11.5. The summed E-state index contributed by atoms with van der Waals surface area (Å²) in [4.78, 5) is 2.12. The summed E-state index contributed by atoms with van der Waals surface area (Å²) >= 11 is 0. The van der Waals surface area contributed by atoms with Gasteiger partial charge in [-0.15, -0.1) is 0 Å². The maximum Gasteiger partial charge on any atom is 0.143 e. The zero-order valence-corrected chi connectivity index (χ0v) is 11.5. The van der Waals surface area contributed by atoms with Crippen molar-refractivity contribution in [1.29, 1.82) is 0 Å². The van der Waals surface area contributed by atoms with Gasteiger partial charge in [-0.25, -0.2) is 0 Å². The van der Waals surface area contributed by atoms with Crippen LogP contribution < -0.4 is 5.73 Å². The molecule has 0 amide bonds. The highest BCUT2D eigenvalue weighted by atomic mass is 16.5. The second-order valence-corrected chi connectivity index (χ2v) is 4.98. The largest absolute Gasteiger partial charge is 0.409 e. The average molecular weight is 245 g/mol. The van der Waals surface area contributed by atoms with Gasteiger partial charge in [-0.3, -0.25) is 0 Å². The highest BCUT2D eigenvalue weighted by Gasteiger charge is 2.10. The number of hydrogen-bond donors (Lipinski definition) is 2. The lowest BCUT2D eigenvalue weighted by Gasteiger charge is -2.20. The Morgan fingerprint density at radius 3 is 2.53 bits per heavy atom. The normalized spacial score (nSPS) is 14.6. The quantitative estimate of drug-likeness (QED) is 0.211. The second kappa shape index (κ2) is 9.24. The SMILES string of the molecule is CC(C)CCOCCN(C)CC(C)C(N)=NO. The molecular weight excluding hydrogens is 218 g/mol. The molecule has 0 aromatic heterocycles. The van der Waals surface area contributed by atoms with Crippen molar-refractivity contribution in [2.75, 3.05) is 33.4 Å². The zero-order chi connectivity index (χ0) is 13.3. The molecule has 0 aromatic rings. The van der Waals surface area contributed by atoms with E-state index in [0.717, 1.165) is 32.7 Å². The number of nitrogens with two attached hydrogens (primary N) is 1. The van der Waals surface area contributed by atoms with E-state index >= 15 is 0 Å². The Labute approximate surface area is 105 Å². The molecule has 0 spiro atoms. The fraction of sp³-hybridized carbons (Fsp3) is 0.917. The van der Waals surface area contributed by atoms with Gasteiger partial charge >= 0.3 is 0 Å². The lowest BCUT2D eigenvalue weighted by atomic mass is 10.1. The summed E-state index contributed by atoms with van der Waals surface area (Å²) in [6.07, 6.45) is 1.10. The summed E-state index contributed by atoms with van der Waals surface area (Å²) in [5.74, 6) is 1.02. The Morgan fingerprint density at radius 2 is 2.00 bits per heavy atom. The molecule has 0 radical (unpaired) electrons. The van der Waals surface area contributed by atoms with Crippen LogP contribution in [-0.2, 0) is 4.74 Å². The standard InChI is InChI=1S/C12H27N3O2/c1-10(2)5-7-17-8-6-15(4)9-11(3)12(13)14-16/h10-11,16H,5-9H2,1-4H3,(H2,13,14). The Kier molecular flexibility index (Phi) is 8.80. The molecule has 0 aliphatic heterocycles. The van der Waals surface area contributed by atoms with Crippen molar-refractivity contribution in [2.45, 2.75) is 27.2 Å². The molecule has 5 nitrogen and oxygen atoms in total. The van der Waals surface area contributed by atoms with Crippen molar-refractivity contribution in [1.82, 2.24) is 4.90 Å². The molecule has 102 valence electrons. The van der Waals surface area contributed by atoms with Crippen LogP contribution in [0, 0.1) is 11.8 Å². The molecule has 0 heterocycles. The van der Waals surface area contributed by atoms with E-state index in [0.29, 0.717) is 5.92 Å². The van der Waals surface area contributed by atoms with E-state index in [9.17, 15) is 0 Å². The lowest BCUT2D eigenvalue weighted by Crippen LogP contribution is -2.34. The van der Waals surface area contributed by atoms with E-state index in [2.05, 4.69) is 23.9 Å². The van der Waals surface area contributed by atoms with Crippen LogP contribution in [-0.4, -0.2) is 49.3 Å². The summed E-state index contributed by atoms with van der Waals surface area (Å²) in [5.41, 5.74) is 5.52. The van der Waals surface area contributed by atoms with Gasteiger partial charge in [0.05, 0.1) is 6.61 Å². The van der Waals surface area contributed by atoms with Crippen LogP contribution in [0.3, 0.4) is 0 Å². The van der Waals surface area contributed by atoms with Gasteiger partial charge in [-0.2, -0.15) is 0 Å². The number of hydrogen-bond acceptors (Lipinski definition) is 4. The van der Waals surface area contributed by atoms with E-state index in [1.807, 2.05) is 14.0 Å². The first-order valence-corrected chi connectivity index (χ1v) is 6.21. The third-order valence-corrected chi connectivity index (χ3v) is 2.66. The van der Waals surface area contributed by atoms with Crippen molar-refractivity contribution >= 4 is 5.84 Å². The van der Waals surface area contributed by atoms with Crippen LogP contribution in [0.2, 0.25) is 0 Å². The number of likely N-dealkylation sites (N-methyl/N-ethyl adjacent to an activating group) is 1. The second-order valence-electron chi connectivity index (χ2n) is 4.98. The van der Waals surface area contributed by atoms with Crippen LogP contribution in [0.5, 0.6) is 0 Å². The maximum absolute atomic E-state index is 8.54. The molecule has 0 aliphatic rings. The van der Waals surface area contributed by atoms with Crippen LogP contribution in [0.4, 0.5) is 0 Å². The van der Waals surface area contributed by atoms with Gasteiger partial charge in [0.1, 0.15) is 5.84 Å². The summed E-state index contributed by atoms with van der Waals surface area (Å²) in [6, 6.07) is 0. The predicted octanol–water partition coefficient (Wildman–Crippen LogP) is 1.36. The van der Waals surface area contributed by atoms with Crippen LogP contribution in [0.25, 0.3) is 0 Å². The molecule has 3 N–H and O–H groups in total. The van der Waals surface area contributed by atoms with Crippen molar-refractivity contribution in [3.05, 3.63) is 0 Å². The Morgan fingerprint density at radius 1 is 1.35 bits per heavy atom. The van der Waals surface area contributed by atoms with Gasteiger partial charge in [0.2, 0.25) is 0 Å². The average Bonchev–Trinajstić information content (AvgIpc) is 2.26. The van der Waals surface area contributed by atoms with E-state index in [4.69, 9.17) is 15.7 Å². The number of amidine groups is 1. The maximum atomic E-state index is 8.54. The molecule has 0 fully saturated rings. The molecule has 0 rings (SSSR count). The third kappa shape index (κ3) is 8.94. The minimum Gasteiger partial charge on any atom is -0.409 e. The number of nitrogens with zero attached hydrogens (tertiary/aromatic N) is 2. The fourth-order valence-electron chi connectivity index (χ4n) is 1.39. The van der Waals surface area contributed by atoms with Crippen molar-refractivity contribution in [2.24, 2.45) is 22.7 Å². The number of oxime groups is 1. The van der Waals surface area contributed by atoms with Crippen molar-refractivity contribution < 1.29 is 9.94 Å². The van der Waals surface area contributed by atoms with Gasteiger partial charge in [-0.1, -0.05) is 25.9 Å². The minimum atomic E-state index is 0.0562. The van der Waals surface area contributed by atoms with E-state index in [1.54, 1.807) is 0 Å². The molecule has 5 heteroatoms. The third-order valence-electron chi connectivity index (χ3n) is 2.66. The van der Waals surface area contributed by atoms with Crippen molar-refractivity contribution in [3.8, 4) is 0 Å². The van der Waals surface area contributed by atoms with Crippen LogP contribution in [0.1, 0.15) is 27.2 Å². The van der Waals surface area contributed by atoms with Crippen LogP contribution in [0.15, 0.2) is 5.16 Å². The molecule has 0 aromatic carbocycles. The molecule has 0 bridgehead atoms. The Bertz CT molecular complexity index is 220. The number of ether oxygens (including phenoxy) is 1. The lowest BCUT2D eigenvalue weighted by molar-refractivity contribution is 0.101. The predicted molar refractivity (Wildman–Crippen MR) is 70.3 cm³/mol. The van der Waals surface area contributed by atoms with Gasteiger partial charge in [0.15, 0.2) is 0 Å². The van der Waals surface area contributed by atoms with Gasteiger partial charge in [0, 0.05) is 25.6 Å². The van der Waals surface area contributed by atoms with Gasteiger partial charge < -0.3 is 20.6 Å². The monoisotopic (exact) mass is 245 g/mol. The Hall–Kier alpha value is -0.810. The topological polar surface area (TPSA) is 71.1 Å². The van der Waals surface area contributed by atoms with E-state index in [-0.39, 0.29) is 11.8 Å². The first kappa shape index (κ1) is 16.2. The van der Waals surface area contributed by atoms with E-state index < -0.39 is 0 Å². The van der Waals surface area contributed by atoms with Gasteiger partial charge in [-0.05, 0) is 19.4 Å². The van der Waals surface area contributed by atoms with Crippen molar-refractivity contribution in [3.63, 3.8) is 0 Å².